The molecule has 162 valence electrons. The molecule has 5 rings (SSSR count). The molecular weight excluding hydrogens is 386 g/mol. The first kappa shape index (κ1) is 20.1. The standard InChI is InChI=1S/C26H31N3O2/c1-19-9-10-20(2)23(17-19)28-13-15-29(16-14-28)25-21-7-3-4-8-24(21)31-26(30)22(25)18-27-11-5-6-12-27/h3-4,7-10,17H,5-6,11-16,18H2,1-2H3. The van der Waals surface area contributed by atoms with Crippen LogP contribution in [0.4, 0.5) is 11.4 Å². The van der Waals surface area contributed by atoms with Gasteiger partial charge in [0.25, 0.3) is 0 Å². The number of fused-ring (bicyclic) bond motifs is 1. The van der Waals surface area contributed by atoms with Crippen LogP contribution in [-0.2, 0) is 6.54 Å². The molecule has 0 amide bonds. The van der Waals surface area contributed by atoms with Crippen molar-refractivity contribution in [2.45, 2.75) is 33.2 Å². The van der Waals surface area contributed by atoms with Crippen LogP contribution in [0.2, 0.25) is 0 Å². The maximum Gasteiger partial charge on any atom is 0.342 e. The van der Waals surface area contributed by atoms with E-state index in [2.05, 4.69) is 52.8 Å². The molecular formula is C26H31N3O2. The highest BCUT2D eigenvalue weighted by Gasteiger charge is 2.26. The highest BCUT2D eigenvalue weighted by molar-refractivity contribution is 5.92. The normalized spacial score (nSPS) is 17.6. The Morgan fingerprint density at radius 3 is 2.35 bits per heavy atom. The van der Waals surface area contributed by atoms with Crippen molar-refractivity contribution in [3.8, 4) is 0 Å². The first-order valence-electron chi connectivity index (χ1n) is 11.4. The average molecular weight is 418 g/mol. The van der Waals surface area contributed by atoms with Gasteiger partial charge in [-0.3, -0.25) is 4.90 Å². The molecule has 1 aromatic heterocycles. The van der Waals surface area contributed by atoms with E-state index in [9.17, 15) is 4.79 Å². The third kappa shape index (κ3) is 3.94. The number of nitrogens with zero attached hydrogens (tertiary/aromatic N) is 3. The minimum atomic E-state index is -0.183. The van der Waals surface area contributed by atoms with E-state index < -0.39 is 0 Å². The number of likely N-dealkylation sites (tertiary alicyclic amines) is 1. The Bertz CT molecular complexity index is 1140. The van der Waals surface area contributed by atoms with Crippen molar-refractivity contribution in [2.75, 3.05) is 49.1 Å². The zero-order valence-electron chi connectivity index (χ0n) is 18.6. The number of rotatable bonds is 4. The lowest BCUT2D eigenvalue weighted by atomic mass is 10.1. The molecule has 0 radical (unpaired) electrons. The van der Waals surface area contributed by atoms with E-state index in [-0.39, 0.29) is 5.63 Å². The zero-order valence-corrected chi connectivity index (χ0v) is 18.6. The van der Waals surface area contributed by atoms with Crippen LogP contribution in [0.3, 0.4) is 0 Å². The molecule has 2 aromatic carbocycles. The second-order valence-electron chi connectivity index (χ2n) is 8.96. The maximum atomic E-state index is 13.0. The summed E-state index contributed by atoms with van der Waals surface area (Å²) in [6.07, 6.45) is 2.42. The SMILES string of the molecule is Cc1ccc(C)c(N2CCN(c3c(CN4CCCC4)c(=O)oc4ccccc34)CC2)c1. The van der Waals surface area contributed by atoms with Crippen molar-refractivity contribution in [3.63, 3.8) is 0 Å². The Morgan fingerprint density at radius 1 is 0.871 bits per heavy atom. The van der Waals surface area contributed by atoms with Gasteiger partial charge >= 0.3 is 5.63 Å². The van der Waals surface area contributed by atoms with E-state index >= 15 is 0 Å². The summed E-state index contributed by atoms with van der Waals surface area (Å²) in [6.45, 7) is 10.8. The lowest BCUT2D eigenvalue weighted by Crippen LogP contribution is -2.47. The van der Waals surface area contributed by atoms with Crippen molar-refractivity contribution >= 4 is 22.3 Å². The van der Waals surface area contributed by atoms with Crippen LogP contribution in [0.25, 0.3) is 11.0 Å². The van der Waals surface area contributed by atoms with Gasteiger partial charge in [-0.25, -0.2) is 4.79 Å². The number of anilines is 2. The fourth-order valence-corrected chi connectivity index (χ4v) is 5.07. The molecule has 5 nitrogen and oxygen atoms in total. The quantitative estimate of drug-likeness (QED) is 0.591. The monoisotopic (exact) mass is 417 g/mol. The van der Waals surface area contributed by atoms with Gasteiger partial charge in [0.15, 0.2) is 0 Å². The molecule has 0 atom stereocenters. The molecule has 5 heteroatoms. The van der Waals surface area contributed by atoms with Crippen molar-refractivity contribution in [3.05, 3.63) is 69.6 Å². The Morgan fingerprint density at radius 2 is 1.58 bits per heavy atom. The second kappa shape index (κ2) is 8.39. The molecule has 2 aliphatic heterocycles. The van der Waals surface area contributed by atoms with E-state index in [1.54, 1.807) is 0 Å². The van der Waals surface area contributed by atoms with Crippen molar-refractivity contribution in [1.29, 1.82) is 0 Å². The summed E-state index contributed by atoms with van der Waals surface area (Å²) in [4.78, 5) is 20.3. The average Bonchev–Trinajstić information content (AvgIpc) is 3.29. The fourth-order valence-electron chi connectivity index (χ4n) is 5.07. The van der Waals surface area contributed by atoms with Crippen LogP contribution in [0, 0.1) is 13.8 Å². The highest BCUT2D eigenvalue weighted by Crippen LogP contribution is 2.32. The van der Waals surface area contributed by atoms with E-state index in [4.69, 9.17) is 4.42 Å². The molecule has 31 heavy (non-hydrogen) atoms. The van der Waals surface area contributed by atoms with Gasteiger partial charge in [0.1, 0.15) is 5.58 Å². The van der Waals surface area contributed by atoms with Gasteiger partial charge in [-0.05, 0) is 69.1 Å². The molecule has 3 heterocycles. The van der Waals surface area contributed by atoms with Crippen molar-refractivity contribution in [1.82, 2.24) is 4.90 Å². The molecule has 2 fully saturated rings. The van der Waals surface area contributed by atoms with Crippen LogP contribution >= 0.6 is 0 Å². The molecule has 0 bridgehead atoms. The van der Waals surface area contributed by atoms with Crippen LogP contribution in [0.15, 0.2) is 51.7 Å². The number of aryl methyl sites for hydroxylation is 2. The van der Waals surface area contributed by atoms with Gasteiger partial charge in [-0.1, -0.05) is 24.3 Å². The van der Waals surface area contributed by atoms with Crippen LogP contribution < -0.4 is 15.4 Å². The minimum absolute atomic E-state index is 0.183. The predicted molar refractivity (Wildman–Crippen MR) is 127 cm³/mol. The smallest absolute Gasteiger partial charge is 0.342 e. The summed E-state index contributed by atoms with van der Waals surface area (Å²) in [5.74, 6) is 0. The Labute approximate surface area is 183 Å². The highest BCUT2D eigenvalue weighted by atomic mass is 16.4. The first-order valence-corrected chi connectivity index (χ1v) is 11.4. The Kier molecular flexibility index (Phi) is 5.45. The minimum Gasteiger partial charge on any atom is -0.422 e. The molecule has 3 aromatic rings. The molecule has 0 unspecified atom stereocenters. The number of hydrogen-bond donors (Lipinski definition) is 0. The van der Waals surface area contributed by atoms with Gasteiger partial charge in [0.2, 0.25) is 0 Å². The number of para-hydroxylation sites is 1. The summed E-state index contributed by atoms with van der Waals surface area (Å²) >= 11 is 0. The van der Waals surface area contributed by atoms with Crippen molar-refractivity contribution in [2.24, 2.45) is 0 Å². The van der Waals surface area contributed by atoms with E-state index in [1.165, 1.54) is 29.7 Å². The van der Waals surface area contributed by atoms with Gasteiger partial charge in [-0.2, -0.15) is 0 Å². The zero-order chi connectivity index (χ0) is 21.4. The third-order valence-corrected chi connectivity index (χ3v) is 6.76. The van der Waals surface area contributed by atoms with Crippen LogP contribution in [0.1, 0.15) is 29.5 Å². The topological polar surface area (TPSA) is 39.9 Å². The molecule has 2 saturated heterocycles. The molecule has 0 N–H and O–H groups in total. The lowest BCUT2D eigenvalue weighted by Gasteiger charge is -2.39. The summed E-state index contributed by atoms with van der Waals surface area (Å²) < 4.78 is 5.73. The van der Waals surface area contributed by atoms with Gasteiger partial charge in [-0.15, -0.1) is 0 Å². The molecule has 2 aliphatic rings. The van der Waals surface area contributed by atoms with Crippen molar-refractivity contribution < 1.29 is 4.42 Å². The summed E-state index contributed by atoms with van der Waals surface area (Å²) in [5.41, 5.74) is 6.35. The lowest BCUT2D eigenvalue weighted by molar-refractivity contribution is 0.325. The Balaban J connectivity index is 1.48. The summed E-state index contributed by atoms with van der Waals surface area (Å²) in [6, 6.07) is 14.7. The molecule has 0 saturated carbocycles. The Hall–Kier alpha value is -2.79. The summed E-state index contributed by atoms with van der Waals surface area (Å²) in [7, 11) is 0. The number of piperazine rings is 1. The molecule has 0 aliphatic carbocycles. The van der Waals surface area contributed by atoms with Gasteiger partial charge in [0, 0.05) is 43.8 Å². The van der Waals surface area contributed by atoms with Crippen LogP contribution in [-0.4, -0.2) is 44.2 Å². The first-order chi connectivity index (χ1) is 15.1. The third-order valence-electron chi connectivity index (χ3n) is 6.76. The fraction of sp³-hybridized carbons (Fsp3) is 0.423. The second-order valence-corrected chi connectivity index (χ2v) is 8.96. The largest absolute Gasteiger partial charge is 0.422 e. The van der Waals surface area contributed by atoms with E-state index in [1.807, 2.05) is 18.2 Å². The maximum absolute atomic E-state index is 13.0. The number of benzene rings is 2. The summed E-state index contributed by atoms with van der Waals surface area (Å²) in [5, 5.41) is 1.05. The van der Waals surface area contributed by atoms with Gasteiger partial charge < -0.3 is 14.2 Å². The number of hydrogen-bond acceptors (Lipinski definition) is 5. The molecule has 0 spiro atoms. The van der Waals surface area contributed by atoms with Gasteiger partial charge in [0.05, 0.1) is 11.3 Å². The van der Waals surface area contributed by atoms with E-state index in [0.717, 1.165) is 55.9 Å². The van der Waals surface area contributed by atoms with Crippen LogP contribution in [0.5, 0.6) is 0 Å². The predicted octanol–water partition coefficient (Wildman–Crippen LogP) is 4.33. The van der Waals surface area contributed by atoms with E-state index in [0.29, 0.717) is 12.1 Å².